The predicted molar refractivity (Wildman–Crippen MR) is 111 cm³/mol. The van der Waals surface area contributed by atoms with Crippen LogP contribution in [0.3, 0.4) is 0 Å². The SMILES string of the molecule is Cc1cccc(OC(C)(C)C)c1CN(N=C=O)c1cccn2c(C)c(C)nc12. The molecular weight excluding hydrogens is 352 g/mol. The van der Waals surface area contributed by atoms with Crippen molar-refractivity contribution in [2.75, 3.05) is 5.01 Å². The lowest BCUT2D eigenvalue weighted by molar-refractivity contribution is 0.129. The van der Waals surface area contributed by atoms with E-state index in [9.17, 15) is 4.79 Å². The molecule has 0 bridgehead atoms. The number of anilines is 1. The van der Waals surface area contributed by atoms with Crippen LogP contribution >= 0.6 is 0 Å². The van der Waals surface area contributed by atoms with Crippen LogP contribution in [0.5, 0.6) is 5.75 Å². The monoisotopic (exact) mass is 378 g/mol. The number of hydrogen-bond acceptors (Lipinski definition) is 5. The van der Waals surface area contributed by atoms with Gasteiger partial charge in [-0.1, -0.05) is 17.2 Å². The number of ether oxygens (including phenoxy) is 1. The van der Waals surface area contributed by atoms with Gasteiger partial charge in [0.1, 0.15) is 17.0 Å². The van der Waals surface area contributed by atoms with Crippen LogP contribution in [0.4, 0.5) is 5.69 Å². The van der Waals surface area contributed by atoms with Gasteiger partial charge in [0.2, 0.25) is 0 Å². The minimum atomic E-state index is -0.335. The van der Waals surface area contributed by atoms with E-state index in [1.165, 1.54) is 0 Å². The van der Waals surface area contributed by atoms with E-state index in [-0.39, 0.29) is 5.60 Å². The zero-order valence-electron chi connectivity index (χ0n) is 17.3. The lowest BCUT2D eigenvalue weighted by Gasteiger charge is -2.26. The lowest BCUT2D eigenvalue weighted by atomic mass is 10.1. The Balaban J connectivity index is 2.10. The molecule has 1 aromatic carbocycles. The van der Waals surface area contributed by atoms with Crippen molar-refractivity contribution < 1.29 is 9.53 Å². The molecule has 0 N–H and O–H groups in total. The fraction of sp³-hybridized carbons (Fsp3) is 0.364. The number of benzene rings is 1. The summed E-state index contributed by atoms with van der Waals surface area (Å²) in [6, 6.07) is 9.77. The molecule has 0 aliphatic rings. The van der Waals surface area contributed by atoms with Gasteiger partial charge in [-0.25, -0.2) is 14.8 Å². The van der Waals surface area contributed by atoms with Gasteiger partial charge in [0.15, 0.2) is 5.65 Å². The van der Waals surface area contributed by atoms with E-state index in [1.807, 2.05) is 82.5 Å². The summed E-state index contributed by atoms with van der Waals surface area (Å²) in [4.78, 5) is 15.9. The average Bonchev–Trinajstić information content (AvgIpc) is 2.90. The molecule has 3 rings (SSSR count). The summed E-state index contributed by atoms with van der Waals surface area (Å²) in [5.41, 5.74) is 5.19. The summed E-state index contributed by atoms with van der Waals surface area (Å²) >= 11 is 0. The summed E-state index contributed by atoms with van der Waals surface area (Å²) in [5.74, 6) is 0.779. The first-order valence-electron chi connectivity index (χ1n) is 9.28. The van der Waals surface area contributed by atoms with Crippen LogP contribution in [-0.2, 0) is 11.3 Å². The maximum atomic E-state index is 11.2. The Bertz CT molecular complexity index is 1060. The molecule has 0 amide bonds. The standard InChI is InChI=1S/C22H26N4O2/c1-15-9-7-11-20(28-22(4,5)6)18(15)13-26(23-14-27)19-10-8-12-25-17(3)16(2)24-21(19)25/h7-12H,13H2,1-6H3. The van der Waals surface area contributed by atoms with E-state index in [0.717, 1.165) is 39.6 Å². The summed E-state index contributed by atoms with van der Waals surface area (Å²) in [6.45, 7) is 12.4. The molecule has 0 fully saturated rings. The first kappa shape index (κ1) is 19.6. The number of rotatable bonds is 5. The number of isocyanates is 1. The second kappa shape index (κ2) is 7.49. The molecule has 3 aromatic rings. The smallest absolute Gasteiger partial charge is 0.258 e. The Labute approximate surface area is 165 Å². The Morgan fingerprint density at radius 3 is 2.61 bits per heavy atom. The first-order valence-corrected chi connectivity index (χ1v) is 9.28. The maximum Gasteiger partial charge on any atom is 0.258 e. The molecule has 0 aliphatic carbocycles. The number of pyridine rings is 1. The van der Waals surface area contributed by atoms with Gasteiger partial charge in [-0.05, 0) is 65.3 Å². The molecule has 6 heteroatoms. The zero-order valence-corrected chi connectivity index (χ0v) is 17.3. The number of nitrogens with zero attached hydrogens (tertiary/aromatic N) is 4. The highest BCUT2D eigenvalue weighted by Gasteiger charge is 2.20. The van der Waals surface area contributed by atoms with Gasteiger partial charge < -0.3 is 9.14 Å². The molecule has 0 saturated carbocycles. The molecule has 2 aromatic heterocycles. The summed E-state index contributed by atoms with van der Waals surface area (Å²) < 4.78 is 8.15. The van der Waals surface area contributed by atoms with Crippen LogP contribution < -0.4 is 9.75 Å². The van der Waals surface area contributed by atoms with Crippen molar-refractivity contribution in [2.45, 2.75) is 53.7 Å². The number of aromatic nitrogens is 2. The second-order valence-corrected chi connectivity index (χ2v) is 7.88. The minimum Gasteiger partial charge on any atom is -0.488 e. The Morgan fingerprint density at radius 1 is 1.18 bits per heavy atom. The molecule has 0 saturated heterocycles. The third-order valence-electron chi connectivity index (χ3n) is 4.64. The molecule has 6 nitrogen and oxygen atoms in total. The number of aryl methyl sites for hydroxylation is 3. The Morgan fingerprint density at radius 2 is 1.93 bits per heavy atom. The van der Waals surface area contributed by atoms with Gasteiger partial charge in [-0.3, -0.25) is 0 Å². The Kier molecular flexibility index (Phi) is 5.25. The van der Waals surface area contributed by atoms with Crippen molar-refractivity contribution >= 4 is 17.4 Å². The lowest BCUT2D eigenvalue weighted by Crippen LogP contribution is -2.25. The van der Waals surface area contributed by atoms with Crippen LogP contribution in [0.15, 0.2) is 41.6 Å². The maximum absolute atomic E-state index is 11.2. The van der Waals surface area contributed by atoms with Gasteiger partial charge in [-0.15, -0.1) is 0 Å². The molecule has 28 heavy (non-hydrogen) atoms. The molecule has 0 unspecified atom stereocenters. The van der Waals surface area contributed by atoms with Crippen LogP contribution in [0, 0.1) is 20.8 Å². The fourth-order valence-corrected chi connectivity index (χ4v) is 3.16. The third-order valence-corrected chi connectivity index (χ3v) is 4.64. The molecule has 2 heterocycles. The highest BCUT2D eigenvalue weighted by Crippen LogP contribution is 2.31. The van der Waals surface area contributed by atoms with Crippen molar-refractivity contribution in [1.82, 2.24) is 9.38 Å². The molecule has 146 valence electrons. The second-order valence-electron chi connectivity index (χ2n) is 7.88. The molecular formula is C22H26N4O2. The number of imidazole rings is 1. The normalized spacial score (nSPS) is 11.4. The predicted octanol–water partition coefficient (Wildman–Crippen LogP) is 4.69. The summed E-state index contributed by atoms with van der Waals surface area (Å²) in [6.07, 6.45) is 3.64. The molecule has 0 atom stereocenters. The number of hydrogen-bond donors (Lipinski definition) is 0. The zero-order chi connectivity index (χ0) is 20.5. The van der Waals surface area contributed by atoms with Crippen LogP contribution in [-0.4, -0.2) is 21.1 Å². The minimum absolute atomic E-state index is 0.335. The van der Waals surface area contributed by atoms with E-state index >= 15 is 0 Å². The van der Waals surface area contributed by atoms with Gasteiger partial charge >= 0.3 is 0 Å². The highest BCUT2D eigenvalue weighted by atomic mass is 16.5. The van der Waals surface area contributed by atoms with Crippen molar-refractivity contribution in [1.29, 1.82) is 0 Å². The summed E-state index contributed by atoms with van der Waals surface area (Å²) in [7, 11) is 0. The van der Waals surface area contributed by atoms with E-state index in [0.29, 0.717) is 6.54 Å². The fourth-order valence-electron chi connectivity index (χ4n) is 3.16. The Hall–Kier alpha value is -3.11. The van der Waals surface area contributed by atoms with Crippen molar-refractivity contribution in [3.63, 3.8) is 0 Å². The molecule has 0 aliphatic heterocycles. The number of hydrazone groups is 1. The van der Waals surface area contributed by atoms with Crippen LogP contribution in [0.1, 0.15) is 43.3 Å². The number of carbonyl (C=O) groups excluding carboxylic acids is 1. The van der Waals surface area contributed by atoms with E-state index < -0.39 is 0 Å². The molecule has 0 spiro atoms. The van der Waals surface area contributed by atoms with Crippen molar-refractivity contribution in [2.24, 2.45) is 5.10 Å². The van der Waals surface area contributed by atoms with Crippen molar-refractivity contribution in [3.05, 3.63) is 59.0 Å². The van der Waals surface area contributed by atoms with E-state index in [4.69, 9.17) is 4.74 Å². The third kappa shape index (κ3) is 3.92. The largest absolute Gasteiger partial charge is 0.488 e. The van der Waals surface area contributed by atoms with E-state index in [1.54, 1.807) is 11.1 Å². The quantitative estimate of drug-likeness (QED) is 0.367. The van der Waals surface area contributed by atoms with Crippen molar-refractivity contribution in [3.8, 4) is 5.75 Å². The molecule has 0 radical (unpaired) electrons. The van der Waals surface area contributed by atoms with Crippen LogP contribution in [0.25, 0.3) is 5.65 Å². The average molecular weight is 378 g/mol. The van der Waals surface area contributed by atoms with Gasteiger partial charge in [0.05, 0.1) is 12.2 Å². The van der Waals surface area contributed by atoms with Gasteiger partial charge in [0.25, 0.3) is 6.08 Å². The first-order chi connectivity index (χ1) is 13.2. The topological polar surface area (TPSA) is 59.2 Å². The van der Waals surface area contributed by atoms with Gasteiger partial charge in [0, 0.05) is 17.5 Å². The number of fused-ring (bicyclic) bond motifs is 1. The summed E-state index contributed by atoms with van der Waals surface area (Å²) in [5, 5.41) is 5.61. The van der Waals surface area contributed by atoms with Crippen LogP contribution in [0.2, 0.25) is 0 Å². The highest BCUT2D eigenvalue weighted by molar-refractivity contribution is 5.70. The van der Waals surface area contributed by atoms with Gasteiger partial charge in [-0.2, -0.15) is 0 Å². The van der Waals surface area contributed by atoms with E-state index in [2.05, 4.69) is 10.1 Å².